The van der Waals surface area contributed by atoms with E-state index in [1.165, 1.54) is 0 Å². The molecule has 0 saturated heterocycles. The van der Waals surface area contributed by atoms with Crippen molar-refractivity contribution in [3.05, 3.63) is 35.1 Å². The summed E-state index contributed by atoms with van der Waals surface area (Å²) in [5.74, 6) is 2.22. The predicted molar refractivity (Wildman–Crippen MR) is 84.8 cm³/mol. The molecular weight excluding hydrogens is 320 g/mol. The molecule has 0 saturated carbocycles. The average molecular weight is 337 g/mol. The molecule has 0 spiro atoms. The molecule has 1 heterocycles. The molecule has 2 aromatic rings. The number of ether oxygens (including phenoxy) is 1. The van der Waals surface area contributed by atoms with Crippen LogP contribution in [0.2, 0.25) is 0 Å². The largest absolute Gasteiger partial charge is 0.497 e. The number of rotatable bonds is 6. The first kappa shape index (κ1) is 14.6. The van der Waals surface area contributed by atoms with Crippen molar-refractivity contribution in [1.29, 1.82) is 0 Å². The normalized spacial score (nSPS) is 10.2. The Kier molecular flexibility index (Phi) is 5.17. The summed E-state index contributed by atoms with van der Waals surface area (Å²) >= 11 is 3.45. The van der Waals surface area contributed by atoms with Crippen LogP contribution >= 0.6 is 15.9 Å². The highest BCUT2D eigenvalue weighted by atomic mass is 79.9. The molecule has 1 aromatic carbocycles. The number of aromatic nitrogens is 2. The van der Waals surface area contributed by atoms with E-state index in [0.717, 1.165) is 34.7 Å². The minimum atomic E-state index is 0.686. The molecule has 2 N–H and O–H groups in total. The lowest BCUT2D eigenvalue weighted by Crippen LogP contribution is -2.04. The number of methoxy groups -OCH3 is 1. The van der Waals surface area contributed by atoms with Gasteiger partial charge in [-0.3, -0.25) is 4.98 Å². The molecule has 5 nitrogen and oxygen atoms in total. The minimum Gasteiger partial charge on any atom is -0.497 e. The molecular formula is C14H17BrN4O. The van der Waals surface area contributed by atoms with Crippen molar-refractivity contribution < 1.29 is 4.74 Å². The zero-order valence-electron chi connectivity index (χ0n) is 11.5. The molecule has 0 unspecified atom stereocenters. The second-order valence-electron chi connectivity index (χ2n) is 4.22. The van der Waals surface area contributed by atoms with E-state index in [2.05, 4.69) is 43.5 Å². The standard InChI is InChI=1S/C14H17BrN4O/c1-3-4-17-13-8-16-9-14(19-13)18-11-5-10(15)6-12(7-11)20-2/h5-9H,3-4H2,1-2H3,(H2,17,18,19). The van der Waals surface area contributed by atoms with E-state index in [-0.39, 0.29) is 0 Å². The molecule has 0 aliphatic heterocycles. The Labute approximate surface area is 126 Å². The zero-order chi connectivity index (χ0) is 14.4. The van der Waals surface area contributed by atoms with Gasteiger partial charge < -0.3 is 15.4 Å². The third kappa shape index (κ3) is 4.09. The number of hydrogen-bond acceptors (Lipinski definition) is 5. The molecule has 1 aromatic heterocycles. The Morgan fingerprint density at radius 2 is 2.00 bits per heavy atom. The molecule has 0 radical (unpaired) electrons. The van der Waals surface area contributed by atoms with E-state index in [4.69, 9.17) is 4.74 Å². The number of nitrogens with zero attached hydrogens (tertiary/aromatic N) is 2. The molecule has 6 heteroatoms. The van der Waals surface area contributed by atoms with Gasteiger partial charge in [0.2, 0.25) is 0 Å². The fourth-order valence-electron chi connectivity index (χ4n) is 1.67. The predicted octanol–water partition coefficient (Wildman–Crippen LogP) is 3.81. The Morgan fingerprint density at radius 1 is 1.20 bits per heavy atom. The molecule has 2 rings (SSSR count). The first-order valence-corrected chi connectivity index (χ1v) is 7.18. The summed E-state index contributed by atoms with van der Waals surface area (Å²) in [7, 11) is 1.64. The minimum absolute atomic E-state index is 0.686. The molecule has 106 valence electrons. The SMILES string of the molecule is CCCNc1cncc(Nc2cc(Br)cc(OC)c2)n1. The first-order valence-electron chi connectivity index (χ1n) is 6.39. The van der Waals surface area contributed by atoms with Crippen molar-refractivity contribution in [2.24, 2.45) is 0 Å². The second-order valence-corrected chi connectivity index (χ2v) is 5.14. The van der Waals surface area contributed by atoms with Crippen molar-refractivity contribution in [2.75, 3.05) is 24.3 Å². The smallest absolute Gasteiger partial charge is 0.151 e. The Hall–Kier alpha value is -1.82. The maximum Gasteiger partial charge on any atom is 0.151 e. The van der Waals surface area contributed by atoms with Crippen LogP contribution in [0.5, 0.6) is 5.75 Å². The van der Waals surface area contributed by atoms with E-state index in [9.17, 15) is 0 Å². The Balaban J connectivity index is 2.15. The zero-order valence-corrected chi connectivity index (χ0v) is 13.1. The number of halogens is 1. The van der Waals surface area contributed by atoms with Gasteiger partial charge in [-0.25, -0.2) is 4.98 Å². The van der Waals surface area contributed by atoms with Crippen molar-refractivity contribution >= 4 is 33.3 Å². The first-order chi connectivity index (χ1) is 9.71. The monoisotopic (exact) mass is 336 g/mol. The number of hydrogen-bond donors (Lipinski definition) is 2. The highest BCUT2D eigenvalue weighted by Crippen LogP contribution is 2.26. The fourth-order valence-corrected chi connectivity index (χ4v) is 2.14. The summed E-state index contributed by atoms with van der Waals surface area (Å²) in [4.78, 5) is 8.62. The molecule has 20 heavy (non-hydrogen) atoms. The summed E-state index contributed by atoms with van der Waals surface area (Å²) in [6.07, 6.45) is 4.44. The van der Waals surface area contributed by atoms with Gasteiger partial charge in [-0.15, -0.1) is 0 Å². The third-order valence-electron chi connectivity index (χ3n) is 2.57. The number of nitrogens with one attached hydrogen (secondary N) is 2. The average Bonchev–Trinajstić information content (AvgIpc) is 2.45. The molecule has 0 aliphatic rings. The summed E-state index contributed by atoms with van der Waals surface area (Å²) in [5, 5.41) is 6.42. The fraction of sp³-hybridized carbons (Fsp3) is 0.286. The lowest BCUT2D eigenvalue weighted by atomic mass is 10.3. The van der Waals surface area contributed by atoms with Crippen LogP contribution in [0.1, 0.15) is 13.3 Å². The summed E-state index contributed by atoms with van der Waals surface area (Å²) in [6.45, 7) is 2.99. The van der Waals surface area contributed by atoms with Crippen LogP contribution in [0.3, 0.4) is 0 Å². The van der Waals surface area contributed by atoms with E-state index < -0.39 is 0 Å². The van der Waals surface area contributed by atoms with Gasteiger partial charge in [-0.2, -0.15) is 0 Å². The van der Waals surface area contributed by atoms with Gasteiger partial charge in [0.05, 0.1) is 19.5 Å². The maximum absolute atomic E-state index is 5.23. The van der Waals surface area contributed by atoms with Gasteiger partial charge in [0.15, 0.2) is 5.82 Å². The van der Waals surface area contributed by atoms with Crippen LogP contribution in [0.4, 0.5) is 17.3 Å². The highest BCUT2D eigenvalue weighted by Gasteiger charge is 2.02. The summed E-state index contributed by atoms with van der Waals surface area (Å²) in [6, 6.07) is 5.75. The van der Waals surface area contributed by atoms with E-state index >= 15 is 0 Å². The van der Waals surface area contributed by atoms with Crippen LogP contribution in [-0.2, 0) is 0 Å². The van der Waals surface area contributed by atoms with Crippen molar-refractivity contribution in [2.45, 2.75) is 13.3 Å². The van der Waals surface area contributed by atoms with Crippen molar-refractivity contribution in [1.82, 2.24) is 9.97 Å². The van der Waals surface area contributed by atoms with Gasteiger partial charge in [0.1, 0.15) is 11.6 Å². The van der Waals surface area contributed by atoms with E-state index in [1.54, 1.807) is 19.5 Å². The Morgan fingerprint density at radius 3 is 2.75 bits per heavy atom. The lowest BCUT2D eigenvalue weighted by Gasteiger charge is -2.10. The van der Waals surface area contributed by atoms with Crippen LogP contribution in [0, 0.1) is 0 Å². The Bertz CT molecular complexity index is 577. The van der Waals surface area contributed by atoms with E-state index in [0.29, 0.717) is 5.82 Å². The maximum atomic E-state index is 5.23. The van der Waals surface area contributed by atoms with Crippen LogP contribution in [-0.4, -0.2) is 23.6 Å². The molecule has 0 bridgehead atoms. The van der Waals surface area contributed by atoms with E-state index in [1.807, 2.05) is 18.2 Å². The molecule has 0 atom stereocenters. The molecule has 0 amide bonds. The van der Waals surface area contributed by atoms with Crippen molar-refractivity contribution in [3.8, 4) is 5.75 Å². The van der Waals surface area contributed by atoms with Gasteiger partial charge in [-0.1, -0.05) is 22.9 Å². The van der Waals surface area contributed by atoms with Gasteiger partial charge in [-0.05, 0) is 18.6 Å². The third-order valence-corrected chi connectivity index (χ3v) is 3.03. The van der Waals surface area contributed by atoms with Crippen molar-refractivity contribution in [3.63, 3.8) is 0 Å². The van der Waals surface area contributed by atoms with Gasteiger partial charge in [0, 0.05) is 22.8 Å². The summed E-state index contributed by atoms with van der Waals surface area (Å²) in [5.41, 5.74) is 0.887. The number of anilines is 3. The molecule has 0 fully saturated rings. The molecule has 0 aliphatic carbocycles. The van der Waals surface area contributed by atoms with Crippen LogP contribution < -0.4 is 15.4 Å². The van der Waals surface area contributed by atoms with Crippen LogP contribution in [0.25, 0.3) is 0 Å². The van der Waals surface area contributed by atoms with Crippen LogP contribution in [0.15, 0.2) is 35.1 Å². The topological polar surface area (TPSA) is 59.1 Å². The van der Waals surface area contributed by atoms with Gasteiger partial charge in [0.25, 0.3) is 0 Å². The quantitative estimate of drug-likeness (QED) is 0.839. The lowest BCUT2D eigenvalue weighted by molar-refractivity contribution is 0.415. The second kappa shape index (κ2) is 7.09. The number of benzene rings is 1. The summed E-state index contributed by atoms with van der Waals surface area (Å²) < 4.78 is 6.17. The highest BCUT2D eigenvalue weighted by molar-refractivity contribution is 9.10. The van der Waals surface area contributed by atoms with Gasteiger partial charge >= 0.3 is 0 Å².